The lowest BCUT2D eigenvalue weighted by atomic mass is 9.91. The Morgan fingerprint density at radius 3 is 1.17 bits per heavy atom. The van der Waals surface area contributed by atoms with Crippen LogP contribution >= 0.6 is 0 Å². The molecule has 0 saturated carbocycles. The van der Waals surface area contributed by atoms with Gasteiger partial charge in [-0.2, -0.15) is 0 Å². The first kappa shape index (κ1) is 26.9. The van der Waals surface area contributed by atoms with Crippen LogP contribution in [0.5, 0.6) is 0 Å². The van der Waals surface area contributed by atoms with Gasteiger partial charge < -0.3 is 18.9 Å². The lowest BCUT2D eigenvalue weighted by Gasteiger charge is -2.30. The van der Waals surface area contributed by atoms with E-state index in [0.717, 1.165) is 26.2 Å². The van der Waals surface area contributed by atoms with Crippen LogP contribution in [0.1, 0.15) is 85.5 Å². The van der Waals surface area contributed by atoms with Crippen molar-refractivity contribution in [3.05, 3.63) is 0 Å². The Bertz CT molecular complexity index is 455. The largest absolute Gasteiger partial charge is 0.466 e. The highest BCUT2D eigenvalue weighted by Gasteiger charge is 2.42. The minimum atomic E-state index is -1.69. The molecule has 0 amide bonds. The quantitative estimate of drug-likeness (QED) is 0.214. The van der Waals surface area contributed by atoms with Gasteiger partial charge in [0.05, 0.1) is 39.1 Å². The van der Waals surface area contributed by atoms with Crippen molar-refractivity contribution in [2.75, 3.05) is 19.8 Å². The lowest BCUT2D eigenvalue weighted by Crippen LogP contribution is -2.42. The van der Waals surface area contributed by atoms with E-state index in [-0.39, 0.29) is 19.8 Å². The Kier molecular flexibility index (Phi) is 14.6. The second-order valence-corrected chi connectivity index (χ2v) is 7.03. The smallest absolute Gasteiger partial charge is 0.309 e. The summed E-state index contributed by atoms with van der Waals surface area (Å²) in [6, 6.07) is 0. The van der Waals surface area contributed by atoms with Crippen molar-refractivity contribution < 1.29 is 38.1 Å². The average molecular weight is 417 g/mol. The number of esters is 4. The van der Waals surface area contributed by atoms with Crippen molar-refractivity contribution >= 4 is 23.9 Å². The number of rotatable bonds is 16. The molecule has 0 aliphatic carbocycles. The van der Waals surface area contributed by atoms with Crippen molar-refractivity contribution in [3.8, 4) is 0 Å². The van der Waals surface area contributed by atoms with Gasteiger partial charge in [-0.15, -0.1) is 0 Å². The molecule has 0 unspecified atom stereocenters. The number of ether oxygens (including phenoxy) is 4. The van der Waals surface area contributed by atoms with Gasteiger partial charge in [-0.25, -0.2) is 0 Å². The second-order valence-electron chi connectivity index (χ2n) is 7.03. The molecule has 8 heteroatoms. The SMILES string of the molecule is CCCCOC(=O)CC(CC(=O)OCCCC)(CC(=O)OCCCC)OC(C)=O. The van der Waals surface area contributed by atoms with E-state index in [2.05, 4.69) is 0 Å². The Labute approximate surface area is 173 Å². The van der Waals surface area contributed by atoms with Crippen LogP contribution in [0, 0.1) is 0 Å². The fourth-order valence-electron chi connectivity index (χ4n) is 2.53. The molecular formula is C21H36O8. The summed E-state index contributed by atoms with van der Waals surface area (Å²) >= 11 is 0. The number of carbonyl (C=O) groups excluding carboxylic acids is 4. The van der Waals surface area contributed by atoms with Gasteiger partial charge in [-0.05, 0) is 19.3 Å². The van der Waals surface area contributed by atoms with Gasteiger partial charge in [0.2, 0.25) is 0 Å². The predicted molar refractivity (Wildman–Crippen MR) is 106 cm³/mol. The first-order chi connectivity index (χ1) is 13.8. The molecule has 8 nitrogen and oxygen atoms in total. The molecule has 0 aliphatic heterocycles. The van der Waals surface area contributed by atoms with Crippen molar-refractivity contribution in [1.82, 2.24) is 0 Å². The molecule has 0 aliphatic rings. The van der Waals surface area contributed by atoms with Gasteiger partial charge in [0.15, 0.2) is 0 Å². The molecule has 0 atom stereocenters. The average Bonchev–Trinajstić information content (AvgIpc) is 2.61. The molecule has 0 aromatic rings. The summed E-state index contributed by atoms with van der Waals surface area (Å²) in [6.45, 7) is 7.66. The Hall–Kier alpha value is -2.12. The third-order valence-corrected chi connectivity index (χ3v) is 4.04. The van der Waals surface area contributed by atoms with E-state index >= 15 is 0 Å². The van der Waals surface area contributed by atoms with Crippen LogP contribution in [-0.2, 0) is 38.1 Å². The summed E-state index contributed by atoms with van der Waals surface area (Å²) in [6.07, 6.45) is 3.30. The normalized spacial score (nSPS) is 10.9. The van der Waals surface area contributed by atoms with E-state index in [1.807, 2.05) is 20.8 Å². The van der Waals surface area contributed by atoms with Gasteiger partial charge in [0.1, 0.15) is 5.60 Å². The summed E-state index contributed by atoms with van der Waals surface area (Å²) in [5.74, 6) is -2.67. The lowest BCUT2D eigenvalue weighted by molar-refractivity contribution is -0.175. The Morgan fingerprint density at radius 2 is 0.931 bits per heavy atom. The zero-order chi connectivity index (χ0) is 22.1. The minimum absolute atomic E-state index is 0.216. The van der Waals surface area contributed by atoms with E-state index in [4.69, 9.17) is 18.9 Å². The van der Waals surface area contributed by atoms with Crippen LogP contribution in [0.3, 0.4) is 0 Å². The molecule has 168 valence electrons. The fraction of sp³-hybridized carbons (Fsp3) is 0.810. The second kappa shape index (κ2) is 15.8. The Balaban J connectivity index is 5.34. The molecule has 29 heavy (non-hydrogen) atoms. The van der Waals surface area contributed by atoms with Crippen molar-refractivity contribution in [1.29, 1.82) is 0 Å². The standard InChI is InChI=1S/C21H36O8/c1-5-8-11-26-18(23)14-21(29-17(4)22,15-19(24)27-12-9-6-2)16-20(25)28-13-10-7-3/h5-16H2,1-4H3. The molecular weight excluding hydrogens is 380 g/mol. The number of hydrogen-bond acceptors (Lipinski definition) is 8. The van der Waals surface area contributed by atoms with E-state index in [9.17, 15) is 19.2 Å². The molecule has 0 bridgehead atoms. The van der Waals surface area contributed by atoms with Crippen molar-refractivity contribution in [2.45, 2.75) is 91.1 Å². The van der Waals surface area contributed by atoms with Crippen LogP contribution in [0.25, 0.3) is 0 Å². The van der Waals surface area contributed by atoms with Crippen LogP contribution in [-0.4, -0.2) is 49.3 Å². The van der Waals surface area contributed by atoms with E-state index in [1.165, 1.54) is 0 Å². The van der Waals surface area contributed by atoms with Crippen molar-refractivity contribution in [2.24, 2.45) is 0 Å². The monoisotopic (exact) mass is 416 g/mol. The molecule has 0 N–H and O–H groups in total. The third-order valence-electron chi connectivity index (χ3n) is 4.04. The van der Waals surface area contributed by atoms with Gasteiger partial charge in [0.25, 0.3) is 0 Å². The molecule has 0 rings (SSSR count). The highest BCUT2D eigenvalue weighted by molar-refractivity contribution is 5.80. The molecule has 0 spiro atoms. The maximum Gasteiger partial charge on any atom is 0.309 e. The van der Waals surface area contributed by atoms with Crippen LogP contribution in [0.15, 0.2) is 0 Å². The topological polar surface area (TPSA) is 105 Å². The number of carbonyl (C=O) groups is 4. The highest BCUT2D eigenvalue weighted by atomic mass is 16.6. The summed E-state index contributed by atoms with van der Waals surface area (Å²) < 4.78 is 20.8. The van der Waals surface area contributed by atoms with Gasteiger partial charge >= 0.3 is 23.9 Å². The summed E-state index contributed by atoms with van der Waals surface area (Å²) in [5, 5.41) is 0. The van der Waals surface area contributed by atoms with E-state index in [0.29, 0.717) is 19.3 Å². The minimum Gasteiger partial charge on any atom is -0.466 e. The molecule has 0 radical (unpaired) electrons. The van der Waals surface area contributed by atoms with Crippen LogP contribution in [0.4, 0.5) is 0 Å². The summed E-state index contributed by atoms with van der Waals surface area (Å²) in [5.41, 5.74) is -1.69. The van der Waals surface area contributed by atoms with E-state index in [1.54, 1.807) is 0 Å². The molecule has 0 aromatic carbocycles. The van der Waals surface area contributed by atoms with Crippen LogP contribution in [0.2, 0.25) is 0 Å². The van der Waals surface area contributed by atoms with Crippen molar-refractivity contribution in [3.63, 3.8) is 0 Å². The van der Waals surface area contributed by atoms with E-state index < -0.39 is 48.7 Å². The maximum absolute atomic E-state index is 12.3. The molecule has 0 saturated heterocycles. The first-order valence-corrected chi connectivity index (χ1v) is 10.4. The highest BCUT2D eigenvalue weighted by Crippen LogP contribution is 2.28. The number of hydrogen-bond donors (Lipinski definition) is 0. The fourth-order valence-corrected chi connectivity index (χ4v) is 2.53. The van der Waals surface area contributed by atoms with Gasteiger partial charge in [0, 0.05) is 6.92 Å². The third kappa shape index (κ3) is 13.7. The van der Waals surface area contributed by atoms with Gasteiger partial charge in [-0.1, -0.05) is 40.0 Å². The first-order valence-electron chi connectivity index (χ1n) is 10.4. The van der Waals surface area contributed by atoms with Crippen LogP contribution < -0.4 is 0 Å². The molecule has 0 heterocycles. The molecule has 0 aromatic heterocycles. The Morgan fingerprint density at radius 1 is 0.621 bits per heavy atom. The zero-order valence-corrected chi connectivity index (χ0v) is 18.3. The number of unbranched alkanes of at least 4 members (excludes halogenated alkanes) is 3. The summed E-state index contributed by atoms with van der Waals surface area (Å²) in [7, 11) is 0. The van der Waals surface area contributed by atoms with Gasteiger partial charge in [-0.3, -0.25) is 19.2 Å². The maximum atomic E-state index is 12.3. The predicted octanol–water partition coefficient (Wildman–Crippen LogP) is 3.49. The zero-order valence-electron chi connectivity index (χ0n) is 18.3. The summed E-state index contributed by atoms with van der Waals surface area (Å²) in [4.78, 5) is 48.5. The molecule has 0 fully saturated rings.